The van der Waals surface area contributed by atoms with Crippen LogP contribution < -0.4 is 10.1 Å². The number of benzene rings is 1. The minimum atomic E-state index is 0.636. The van der Waals surface area contributed by atoms with Gasteiger partial charge in [-0.25, -0.2) is 0 Å². The van der Waals surface area contributed by atoms with Crippen LogP contribution in [0.25, 0.3) is 0 Å². The lowest BCUT2D eigenvalue weighted by Crippen LogP contribution is -2.35. The molecule has 1 heterocycles. The van der Waals surface area contributed by atoms with E-state index in [1.807, 2.05) is 12.1 Å². The van der Waals surface area contributed by atoms with Gasteiger partial charge in [0.2, 0.25) is 0 Å². The molecule has 1 saturated heterocycles. The van der Waals surface area contributed by atoms with E-state index < -0.39 is 0 Å². The van der Waals surface area contributed by atoms with Crippen molar-refractivity contribution in [2.45, 2.75) is 45.1 Å². The zero-order valence-electron chi connectivity index (χ0n) is 11.0. The first-order valence-electron chi connectivity index (χ1n) is 6.94. The van der Waals surface area contributed by atoms with Crippen LogP contribution in [0, 0.1) is 0 Å². The fourth-order valence-corrected chi connectivity index (χ4v) is 2.65. The predicted molar refractivity (Wildman–Crippen MR) is 76.6 cm³/mol. The molecular formula is C15H22ClNO. The van der Waals surface area contributed by atoms with Crippen molar-refractivity contribution in [3.05, 3.63) is 28.8 Å². The van der Waals surface area contributed by atoms with Crippen LogP contribution in [0.5, 0.6) is 5.75 Å². The highest BCUT2D eigenvalue weighted by Gasteiger charge is 2.12. The molecule has 1 aliphatic heterocycles. The highest BCUT2D eigenvalue weighted by atomic mass is 35.5. The third kappa shape index (κ3) is 3.89. The molecule has 0 saturated carbocycles. The molecule has 18 heavy (non-hydrogen) atoms. The zero-order valence-corrected chi connectivity index (χ0v) is 11.8. The van der Waals surface area contributed by atoms with Gasteiger partial charge < -0.3 is 10.1 Å². The van der Waals surface area contributed by atoms with Crippen LogP contribution in [0.3, 0.4) is 0 Å². The molecule has 1 aliphatic rings. The maximum atomic E-state index is 6.09. The summed E-state index contributed by atoms with van der Waals surface area (Å²) in [5.74, 6) is 0.937. The minimum Gasteiger partial charge on any atom is -0.494 e. The molecule has 2 rings (SSSR count). The van der Waals surface area contributed by atoms with Crippen molar-refractivity contribution in [1.82, 2.24) is 5.32 Å². The topological polar surface area (TPSA) is 21.3 Å². The molecule has 0 radical (unpaired) electrons. The van der Waals surface area contributed by atoms with Gasteiger partial charge in [-0.15, -0.1) is 0 Å². The van der Waals surface area contributed by atoms with Gasteiger partial charge in [0.15, 0.2) is 0 Å². The number of rotatable bonds is 5. The molecule has 1 fully saturated rings. The van der Waals surface area contributed by atoms with Gasteiger partial charge >= 0.3 is 0 Å². The van der Waals surface area contributed by atoms with Crippen LogP contribution in [-0.4, -0.2) is 19.2 Å². The molecule has 0 unspecified atom stereocenters. The summed E-state index contributed by atoms with van der Waals surface area (Å²) >= 11 is 6.09. The highest BCUT2D eigenvalue weighted by Crippen LogP contribution is 2.22. The molecule has 100 valence electrons. The van der Waals surface area contributed by atoms with Gasteiger partial charge in [-0.3, -0.25) is 0 Å². The molecule has 1 atom stereocenters. The third-order valence-corrected chi connectivity index (χ3v) is 3.91. The molecule has 0 aromatic heterocycles. The molecule has 1 aromatic rings. The van der Waals surface area contributed by atoms with E-state index in [-0.39, 0.29) is 0 Å². The lowest BCUT2D eigenvalue weighted by Gasteiger charge is -2.23. The fourth-order valence-electron chi connectivity index (χ4n) is 2.40. The molecule has 0 bridgehead atoms. The number of nitrogens with one attached hydrogen (secondary N) is 1. The van der Waals surface area contributed by atoms with E-state index in [4.69, 9.17) is 16.3 Å². The highest BCUT2D eigenvalue weighted by molar-refractivity contribution is 6.31. The van der Waals surface area contributed by atoms with Crippen molar-refractivity contribution in [3.63, 3.8) is 0 Å². The van der Waals surface area contributed by atoms with E-state index in [1.54, 1.807) is 0 Å². The van der Waals surface area contributed by atoms with Gasteiger partial charge in [0.05, 0.1) is 6.61 Å². The molecule has 0 amide bonds. The smallest absolute Gasteiger partial charge is 0.119 e. The van der Waals surface area contributed by atoms with E-state index in [1.165, 1.54) is 19.3 Å². The molecule has 3 heteroatoms. The Morgan fingerprint density at radius 3 is 3.00 bits per heavy atom. The van der Waals surface area contributed by atoms with Crippen molar-refractivity contribution >= 4 is 11.6 Å². The van der Waals surface area contributed by atoms with E-state index in [2.05, 4.69) is 18.3 Å². The summed E-state index contributed by atoms with van der Waals surface area (Å²) in [6.07, 6.45) is 5.97. The predicted octanol–water partition coefficient (Wildman–Crippen LogP) is 3.81. The Bertz CT molecular complexity index is 375. The Morgan fingerprint density at radius 1 is 1.39 bits per heavy atom. The SMILES string of the molecule is CCc1cc(OCC[C@H]2CCCCN2)ccc1Cl. The third-order valence-electron chi connectivity index (χ3n) is 3.55. The zero-order chi connectivity index (χ0) is 12.8. The maximum Gasteiger partial charge on any atom is 0.119 e. The summed E-state index contributed by atoms with van der Waals surface area (Å²) in [5.41, 5.74) is 1.16. The van der Waals surface area contributed by atoms with Crippen LogP contribution in [0.15, 0.2) is 18.2 Å². The Hall–Kier alpha value is -0.730. The summed E-state index contributed by atoms with van der Waals surface area (Å²) in [4.78, 5) is 0. The van der Waals surface area contributed by atoms with Crippen LogP contribution in [0.4, 0.5) is 0 Å². The van der Waals surface area contributed by atoms with Crippen LogP contribution in [0.1, 0.15) is 38.2 Å². The van der Waals surface area contributed by atoms with Gasteiger partial charge in [0, 0.05) is 11.1 Å². The summed E-state index contributed by atoms with van der Waals surface area (Å²) < 4.78 is 5.81. The van der Waals surface area contributed by atoms with Gasteiger partial charge in [-0.05, 0) is 56.0 Å². The molecule has 1 N–H and O–H groups in total. The first kappa shape index (κ1) is 13.7. The van der Waals surface area contributed by atoms with E-state index in [0.29, 0.717) is 6.04 Å². The molecule has 0 spiro atoms. The first-order valence-corrected chi connectivity index (χ1v) is 7.32. The number of aryl methyl sites for hydroxylation is 1. The van der Waals surface area contributed by atoms with Crippen molar-refractivity contribution in [2.75, 3.05) is 13.2 Å². The van der Waals surface area contributed by atoms with E-state index in [0.717, 1.165) is 42.3 Å². The number of hydrogen-bond acceptors (Lipinski definition) is 2. The van der Waals surface area contributed by atoms with Crippen molar-refractivity contribution in [1.29, 1.82) is 0 Å². The second-order valence-electron chi connectivity index (χ2n) is 4.89. The Balaban J connectivity index is 1.79. The number of ether oxygens (including phenoxy) is 1. The number of halogens is 1. The van der Waals surface area contributed by atoms with Crippen molar-refractivity contribution < 1.29 is 4.74 Å². The average molecular weight is 268 g/mol. The van der Waals surface area contributed by atoms with Gasteiger partial charge in [-0.2, -0.15) is 0 Å². The average Bonchev–Trinajstić information content (AvgIpc) is 2.42. The molecule has 0 aliphatic carbocycles. The largest absolute Gasteiger partial charge is 0.494 e. The van der Waals surface area contributed by atoms with Gasteiger partial charge in [0.1, 0.15) is 5.75 Å². The number of piperidine rings is 1. The summed E-state index contributed by atoms with van der Waals surface area (Å²) in [5, 5.41) is 4.37. The second-order valence-corrected chi connectivity index (χ2v) is 5.30. The molecule has 1 aromatic carbocycles. The first-order chi connectivity index (χ1) is 8.79. The normalized spacial score (nSPS) is 19.8. The maximum absolute atomic E-state index is 6.09. The van der Waals surface area contributed by atoms with Gasteiger partial charge in [0.25, 0.3) is 0 Å². The van der Waals surface area contributed by atoms with E-state index in [9.17, 15) is 0 Å². The van der Waals surface area contributed by atoms with E-state index >= 15 is 0 Å². The van der Waals surface area contributed by atoms with Gasteiger partial charge in [-0.1, -0.05) is 24.9 Å². The Morgan fingerprint density at radius 2 is 2.28 bits per heavy atom. The van der Waals surface area contributed by atoms with Crippen molar-refractivity contribution in [2.24, 2.45) is 0 Å². The van der Waals surface area contributed by atoms with Crippen LogP contribution in [0.2, 0.25) is 5.02 Å². The summed E-state index contributed by atoms with van der Waals surface area (Å²) in [7, 11) is 0. The fraction of sp³-hybridized carbons (Fsp3) is 0.600. The Labute approximate surface area is 115 Å². The molecule has 2 nitrogen and oxygen atoms in total. The summed E-state index contributed by atoms with van der Waals surface area (Å²) in [6.45, 7) is 4.05. The lowest BCUT2D eigenvalue weighted by molar-refractivity contribution is 0.268. The van der Waals surface area contributed by atoms with Crippen LogP contribution in [-0.2, 0) is 6.42 Å². The Kier molecular flexibility index (Phi) is 5.33. The lowest BCUT2D eigenvalue weighted by atomic mass is 10.0. The van der Waals surface area contributed by atoms with Crippen LogP contribution >= 0.6 is 11.6 Å². The monoisotopic (exact) mass is 267 g/mol. The standard InChI is InChI=1S/C15H22ClNO/c1-2-12-11-14(6-7-15(12)16)18-10-8-13-5-3-4-9-17-13/h6-7,11,13,17H,2-5,8-10H2,1H3/t13-/m1/s1. The van der Waals surface area contributed by atoms with Crippen molar-refractivity contribution in [3.8, 4) is 5.75 Å². The quantitative estimate of drug-likeness (QED) is 0.876. The molecular weight excluding hydrogens is 246 g/mol. The minimum absolute atomic E-state index is 0.636. The second kappa shape index (κ2) is 7.01. The summed E-state index contributed by atoms with van der Waals surface area (Å²) in [6, 6.07) is 6.57. The number of hydrogen-bond donors (Lipinski definition) is 1.